The monoisotopic (exact) mass is 167 g/mol. The lowest BCUT2D eigenvalue weighted by molar-refractivity contribution is -0.000239. The third kappa shape index (κ3) is 2.43. The van der Waals surface area contributed by atoms with Gasteiger partial charge in [-0.25, -0.2) is 0 Å². The number of nitrogens with one attached hydrogen (secondary N) is 1. The van der Waals surface area contributed by atoms with Crippen LogP contribution in [0.5, 0.6) is 5.75 Å². The van der Waals surface area contributed by atoms with Crippen LogP contribution < -0.4 is 10.1 Å². The molecule has 66 valence electrons. The molecule has 0 aliphatic rings. The Morgan fingerprint density at radius 3 is 2.83 bits per heavy atom. The van der Waals surface area contributed by atoms with Crippen molar-refractivity contribution in [1.82, 2.24) is 0 Å². The highest BCUT2D eigenvalue weighted by molar-refractivity contribution is 5.47. The molecule has 0 bridgehead atoms. The van der Waals surface area contributed by atoms with Crippen LogP contribution in [0.2, 0.25) is 0 Å². The highest BCUT2D eigenvalue weighted by Gasteiger charge is 1.98. The molecular formula is C9H13NO2. The Kier molecular flexibility index (Phi) is 2.94. The summed E-state index contributed by atoms with van der Waals surface area (Å²) in [5, 5.41) is 11.9. The molecule has 1 unspecified atom stereocenters. The first-order valence-corrected chi connectivity index (χ1v) is 3.85. The number of rotatable bonds is 3. The molecule has 1 atom stereocenters. The van der Waals surface area contributed by atoms with Gasteiger partial charge in [0.25, 0.3) is 0 Å². The lowest BCUT2D eigenvalue weighted by Gasteiger charge is -2.09. The van der Waals surface area contributed by atoms with Crippen LogP contribution in [-0.2, 0) is 0 Å². The molecule has 0 aliphatic carbocycles. The molecule has 2 N–H and O–H groups in total. The van der Waals surface area contributed by atoms with Crippen LogP contribution in [-0.4, -0.2) is 18.4 Å². The van der Waals surface area contributed by atoms with Crippen molar-refractivity contribution in [2.45, 2.75) is 13.2 Å². The SMILES string of the molecule is CNc1cccc(OC(C)O)c1. The van der Waals surface area contributed by atoms with E-state index in [1.165, 1.54) is 0 Å². The fourth-order valence-corrected chi connectivity index (χ4v) is 0.922. The van der Waals surface area contributed by atoms with Crippen LogP contribution in [0, 0.1) is 0 Å². The van der Waals surface area contributed by atoms with Crippen molar-refractivity contribution >= 4 is 5.69 Å². The van der Waals surface area contributed by atoms with E-state index in [0.29, 0.717) is 5.75 Å². The topological polar surface area (TPSA) is 41.5 Å². The van der Waals surface area contributed by atoms with E-state index in [-0.39, 0.29) is 0 Å². The Balaban J connectivity index is 2.72. The maximum absolute atomic E-state index is 8.93. The van der Waals surface area contributed by atoms with Crippen LogP contribution in [0.3, 0.4) is 0 Å². The van der Waals surface area contributed by atoms with Crippen molar-refractivity contribution < 1.29 is 9.84 Å². The zero-order valence-corrected chi connectivity index (χ0v) is 7.24. The van der Waals surface area contributed by atoms with Crippen LogP contribution >= 0.6 is 0 Å². The first-order chi connectivity index (χ1) is 5.72. The second-order valence-corrected chi connectivity index (χ2v) is 2.49. The molecule has 1 aromatic rings. The Morgan fingerprint density at radius 2 is 2.25 bits per heavy atom. The summed E-state index contributed by atoms with van der Waals surface area (Å²) >= 11 is 0. The molecule has 1 aromatic carbocycles. The summed E-state index contributed by atoms with van der Waals surface area (Å²) in [5.41, 5.74) is 0.966. The average molecular weight is 167 g/mol. The zero-order chi connectivity index (χ0) is 8.97. The third-order valence-electron chi connectivity index (χ3n) is 1.43. The van der Waals surface area contributed by atoms with E-state index in [1.807, 2.05) is 25.2 Å². The molecular weight excluding hydrogens is 154 g/mol. The van der Waals surface area contributed by atoms with Crippen molar-refractivity contribution in [3.05, 3.63) is 24.3 Å². The van der Waals surface area contributed by atoms with Crippen LogP contribution in [0.1, 0.15) is 6.92 Å². The molecule has 1 rings (SSSR count). The van der Waals surface area contributed by atoms with E-state index in [1.54, 1.807) is 13.0 Å². The number of hydrogen-bond donors (Lipinski definition) is 2. The van der Waals surface area contributed by atoms with Crippen molar-refractivity contribution in [3.63, 3.8) is 0 Å². The van der Waals surface area contributed by atoms with E-state index < -0.39 is 6.29 Å². The molecule has 0 radical (unpaired) electrons. The van der Waals surface area contributed by atoms with Gasteiger partial charge >= 0.3 is 0 Å². The van der Waals surface area contributed by atoms with Gasteiger partial charge in [-0.15, -0.1) is 0 Å². The van der Waals surface area contributed by atoms with Crippen LogP contribution in [0.15, 0.2) is 24.3 Å². The number of hydrogen-bond acceptors (Lipinski definition) is 3. The number of aliphatic hydroxyl groups excluding tert-OH is 1. The van der Waals surface area contributed by atoms with Gasteiger partial charge in [0.15, 0.2) is 6.29 Å². The molecule has 3 nitrogen and oxygen atoms in total. The Morgan fingerprint density at radius 1 is 1.50 bits per heavy atom. The second-order valence-electron chi connectivity index (χ2n) is 2.49. The highest BCUT2D eigenvalue weighted by atomic mass is 16.6. The quantitative estimate of drug-likeness (QED) is 0.669. The summed E-state index contributed by atoms with van der Waals surface area (Å²) in [7, 11) is 1.83. The van der Waals surface area contributed by atoms with E-state index in [0.717, 1.165) is 5.69 Å². The maximum atomic E-state index is 8.93. The summed E-state index contributed by atoms with van der Waals surface area (Å²) < 4.78 is 5.07. The van der Waals surface area contributed by atoms with E-state index in [4.69, 9.17) is 9.84 Å². The minimum absolute atomic E-state index is 0.664. The van der Waals surface area contributed by atoms with Gasteiger partial charge in [0, 0.05) is 18.8 Å². The number of anilines is 1. The molecule has 0 aliphatic heterocycles. The van der Waals surface area contributed by atoms with Crippen LogP contribution in [0.4, 0.5) is 5.69 Å². The number of aliphatic hydroxyl groups is 1. The minimum atomic E-state index is -0.767. The van der Waals surface area contributed by atoms with Gasteiger partial charge in [0.1, 0.15) is 5.75 Å². The average Bonchev–Trinajstić information content (AvgIpc) is 2.03. The first-order valence-electron chi connectivity index (χ1n) is 3.85. The molecule has 3 heteroatoms. The summed E-state index contributed by atoms with van der Waals surface area (Å²) in [5.74, 6) is 0.664. The fraction of sp³-hybridized carbons (Fsp3) is 0.333. The smallest absolute Gasteiger partial charge is 0.194 e. The van der Waals surface area contributed by atoms with Crippen molar-refractivity contribution in [2.75, 3.05) is 12.4 Å². The molecule has 0 saturated carbocycles. The normalized spacial score (nSPS) is 12.2. The van der Waals surface area contributed by atoms with Gasteiger partial charge in [0.05, 0.1) is 0 Å². The number of benzene rings is 1. The fourth-order valence-electron chi connectivity index (χ4n) is 0.922. The predicted octanol–water partition coefficient (Wildman–Crippen LogP) is 1.45. The Hall–Kier alpha value is -1.22. The highest BCUT2D eigenvalue weighted by Crippen LogP contribution is 2.17. The zero-order valence-electron chi connectivity index (χ0n) is 7.24. The summed E-state index contributed by atoms with van der Waals surface area (Å²) in [6, 6.07) is 7.42. The summed E-state index contributed by atoms with van der Waals surface area (Å²) in [6.45, 7) is 1.58. The largest absolute Gasteiger partial charge is 0.465 e. The van der Waals surface area contributed by atoms with Crippen molar-refractivity contribution in [2.24, 2.45) is 0 Å². The van der Waals surface area contributed by atoms with Gasteiger partial charge in [0.2, 0.25) is 0 Å². The van der Waals surface area contributed by atoms with Crippen molar-refractivity contribution in [3.8, 4) is 5.75 Å². The minimum Gasteiger partial charge on any atom is -0.465 e. The molecule has 0 heterocycles. The molecule has 0 spiro atoms. The Labute approximate surface area is 72.0 Å². The molecule has 0 saturated heterocycles. The van der Waals surface area contributed by atoms with Crippen molar-refractivity contribution in [1.29, 1.82) is 0 Å². The van der Waals surface area contributed by atoms with Gasteiger partial charge in [-0.3, -0.25) is 0 Å². The Bertz CT molecular complexity index is 248. The standard InChI is InChI=1S/C9H13NO2/c1-7(11)12-9-5-3-4-8(6-9)10-2/h3-7,10-11H,1-2H3. The van der Waals surface area contributed by atoms with Gasteiger partial charge in [-0.05, 0) is 19.1 Å². The maximum Gasteiger partial charge on any atom is 0.194 e. The molecule has 12 heavy (non-hydrogen) atoms. The molecule has 0 fully saturated rings. The van der Waals surface area contributed by atoms with E-state index in [2.05, 4.69) is 5.32 Å². The van der Waals surface area contributed by atoms with E-state index >= 15 is 0 Å². The predicted molar refractivity (Wildman–Crippen MR) is 48.3 cm³/mol. The first kappa shape index (κ1) is 8.87. The molecule has 0 aromatic heterocycles. The second kappa shape index (κ2) is 3.97. The summed E-state index contributed by atoms with van der Waals surface area (Å²) in [4.78, 5) is 0. The van der Waals surface area contributed by atoms with Gasteiger partial charge in [-0.2, -0.15) is 0 Å². The summed E-state index contributed by atoms with van der Waals surface area (Å²) in [6.07, 6.45) is -0.767. The molecule has 0 amide bonds. The van der Waals surface area contributed by atoms with Gasteiger partial charge < -0.3 is 15.2 Å². The van der Waals surface area contributed by atoms with Crippen LogP contribution in [0.25, 0.3) is 0 Å². The lowest BCUT2D eigenvalue weighted by Crippen LogP contribution is -2.09. The van der Waals surface area contributed by atoms with E-state index in [9.17, 15) is 0 Å². The third-order valence-corrected chi connectivity index (χ3v) is 1.43. The van der Waals surface area contributed by atoms with Gasteiger partial charge in [-0.1, -0.05) is 6.07 Å². The number of ether oxygens (including phenoxy) is 1. The lowest BCUT2D eigenvalue weighted by atomic mass is 10.3.